The topological polar surface area (TPSA) is 61.8 Å². The molecule has 0 N–H and O–H groups in total. The van der Waals surface area contributed by atoms with Crippen molar-refractivity contribution in [3.63, 3.8) is 0 Å². The first-order valence-corrected chi connectivity index (χ1v) is 20.4. The molecule has 0 spiro atoms. The van der Waals surface area contributed by atoms with Crippen LogP contribution in [0.1, 0.15) is 176 Å². The maximum Gasteiger partial charge on any atom is 0.323 e. The molecule has 292 valence electrons. The second kappa shape index (κ2) is 15.0. The number of esters is 2. The van der Waals surface area contributed by atoms with Crippen LogP contribution in [-0.4, -0.2) is 11.9 Å². The van der Waals surface area contributed by atoms with E-state index in [4.69, 9.17) is 14.2 Å². The molecule has 2 heterocycles. The van der Waals surface area contributed by atoms with E-state index < -0.39 is 11.8 Å². The summed E-state index contributed by atoms with van der Waals surface area (Å²) in [5, 5.41) is 0. The summed E-state index contributed by atoms with van der Waals surface area (Å²) in [5.74, 6) is 0.126. The summed E-state index contributed by atoms with van der Waals surface area (Å²) in [4.78, 5) is 27.0. The third-order valence-electron chi connectivity index (χ3n) is 13.5. The molecule has 0 aromatic heterocycles. The van der Waals surface area contributed by atoms with Crippen LogP contribution in [0.4, 0.5) is 0 Å². The lowest BCUT2D eigenvalue weighted by Gasteiger charge is -2.30. The van der Waals surface area contributed by atoms with E-state index in [2.05, 4.69) is 107 Å². The highest BCUT2D eigenvalue weighted by atomic mass is 16.5. The number of benzene rings is 4. The average Bonchev–Trinajstić information content (AvgIpc) is 3.69. The summed E-state index contributed by atoms with van der Waals surface area (Å²) in [7, 11) is 0. The number of carbonyl (C=O) groups is 2. The molecule has 5 nitrogen and oxygen atoms in total. The molecule has 0 amide bonds. The van der Waals surface area contributed by atoms with Gasteiger partial charge < -0.3 is 14.2 Å². The van der Waals surface area contributed by atoms with Gasteiger partial charge in [-0.05, 0) is 80.7 Å². The first-order chi connectivity index (χ1) is 25.9. The van der Waals surface area contributed by atoms with Gasteiger partial charge in [-0.2, -0.15) is 0 Å². The second-order valence-electron chi connectivity index (χ2n) is 18.5. The normalized spacial score (nSPS) is 17.2. The predicted molar refractivity (Wildman–Crippen MR) is 222 cm³/mol. The molecule has 2 atom stereocenters. The van der Waals surface area contributed by atoms with Gasteiger partial charge >= 0.3 is 11.9 Å². The lowest BCUT2D eigenvalue weighted by molar-refractivity contribution is -0.134. The average molecular weight is 743 g/mol. The Labute approximate surface area is 330 Å². The van der Waals surface area contributed by atoms with Crippen molar-refractivity contribution in [1.29, 1.82) is 0 Å². The van der Waals surface area contributed by atoms with Crippen molar-refractivity contribution in [2.75, 3.05) is 0 Å². The number of fused-ring (bicyclic) bond motifs is 2. The van der Waals surface area contributed by atoms with E-state index >= 15 is 0 Å². The quantitative estimate of drug-likeness (QED) is 0.0951. The van der Waals surface area contributed by atoms with Crippen LogP contribution < -0.4 is 9.47 Å². The van der Waals surface area contributed by atoms with E-state index in [0.29, 0.717) is 13.2 Å². The molecule has 55 heavy (non-hydrogen) atoms. The molecule has 0 aliphatic carbocycles. The van der Waals surface area contributed by atoms with Crippen LogP contribution >= 0.6 is 0 Å². The van der Waals surface area contributed by atoms with Gasteiger partial charge in [-0.25, -0.2) is 0 Å². The Morgan fingerprint density at radius 2 is 0.818 bits per heavy atom. The monoisotopic (exact) mass is 742 g/mol. The predicted octanol–water partition coefficient (Wildman–Crippen LogP) is 12.3. The number of hydrogen-bond donors (Lipinski definition) is 0. The summed E-state index contributed by atoms with van der Waals surface area (Å²) < 4.78 is 18.3. The third-order valence-corrected chi connectivity index (χ3v) is 13.5. The van der Waals surface area contributed by atoms with Crippen LogP contribution in [0, 0.1) is 0 Å². The molecule has 2 unspecified atom stereocenters. The maximum absolute atomic E-state index is 13.5. The largest absolute Gasteiger partial charge is 0.425 e. The van der Waals surface area contributed by atoms with Crippen LogP contribution in [-0.2, 0) is 49.2 Å². The molecule has 2 aliphatic rings. The Balaban J connectivity index is 1.17. The van der Waals surface area contributed by atoms with Crippen molar-refractivity contribution in [3.8, 4) is 11.5 Å². The molecular weight excluding hydrogens is 681 g/mol. The molecule has 2 aliphatic heterocycles. The zero-order valence-electron chi connectivity index (χ0n) is 35.4. The molecule has 0 saturated carbocycles. The van der Waals surface area contributed by atoms with E-state index in [-0.39, 0.29) is 33.6 Å². The number of rotatable bonds is 14. The van der Waals surface area contributed by atoms with Crippen LogP contribution in [0.2, 0.25) is 0 Å². The maximum atomic E-state index is 13.5. The van der Waals surface area contributed by atoms with Crippen molar-refractivity contribution >= 4 is 11.9 Å². The van der Waals surface area contributed by atoms with Crippen molar-refractivity contribution in [3.05, 3.63) is 128 Å². The molecule has 4 aromatic carbocycles. The van der Waals surface area contributed by atoms with Gasteiger partial charge in [0.15, 0.2) is 0 Å². The Kier molecular flexibility index (Phi) is 11.1. The minimum atomic E-state index is -0.457. The first kappa shape index (κ1) is 40.4. The zero-order chi connectivity index (χ0) is 40.1. The highest BCUT2D eigenvalue weighted by Gasteiger charge is 2.42. The minimum Gasteiger partial charge on any atom is -0.425 e. The van der Waals surface area contributed by atoms with Crippen molar-refractivity contribution < 1.29 is 23.8 Å². The zero-order valence-corrected chi connectivity index (χ0v) is 35.4. The van der Waals surface area contributed by atoms with Crippen LogP contribution in [0.25, 0.3) is 0 Å². The van der Waals surface area contributed by atoms with Gasteiger partial charge in [-0.15, -0.1) is 0 Å². The molecule has 0 saturated heterocycles. The Morgan fingerprint density at radius 1 is 0.491 bits per heavy atom. The van der Waals surface area contributed by atoms with E-state index in [1.54, 1.807) is 0 Å². The summed E-state index contributed by atoms with van der Waals surface area (Å²) >= 11 is 0. The van der Waals surface area contributed by atoms with Crippen LogP contribution in [0.5, 0.6) is 11.5 Å². The van der Waals surface area contributed by atoms with E-state index in [1.165, 1.54) is 11.1 Å². The SMILES string of the molecule is CCC(C)(C)c1cc2c(c(C(C)(C)CC)c1)OC(=O)C2c1ccc(COCc2ccc(C3C(=O)Oc4c3cc(C(C)(C)CC)cc4C(C)(C)CC)cc2)cc1. The number of ether oxygens (including phenoxy) is 3. The number of hydrogen-bond acceptors (Lipinski definition) is 5. The molecule has 0 radical (unpaired) electrons. The molecule has 4 aromatic rings. The lowest BCUT2D eigenvalue weighted by atomic mass is 9.74. The van der Waals surface area contributed by atoms with Crippen molar-refractivity contribution in [2.45, 2.75) is 155 Å². The fraction of sp³-hybridized carbons (Fsp3) is 0.480. The van der Waals surface area contributed by atoms with Crippen molar-refractivity contribution in [1.82, 2.24) is 0 Å². The van der Waals surface area contributed by atoms with Gasteiger partial charge in [-0.1, -0.05) is 156 Å². The molecule has 0 fully saturated rings. The molecule has 5 heteroatoms. The fourth-order valence-electron chi connectivity index (χ4n) is 7.64. The van der Waals surface area contributed by atoms with Gasteiger partial charge in [0.25, 0.3) is 0 Å². The summed E-state index contributed by atoms with van der Waals surface area (Å²) in [6.45, 7) is 27.7. The molecule has 6 rings (SSSR count). The van der Waals surface area contributed by atoms with E-state index in [9.17, 15) is 9.59 Å². The number of carbonyl (C=O) groups excluding carboxylic acids is 2. The highest BCUT2D eigenvalue weighted by Crippen LogP contribution is 2.50. The lowest BCUT2D eigenvalue weighted by Crippen LogP contribution is -2.21. The summed E-state index contributed by atoms with van der Waals surface area (Å²) in [5.41, 5.74) is 10.3. The second-order valence-corrected chi connectivity index (χ2v) is 18.5. The van der Waals surface area contributed by atoms with Gasteiger partial charge in [0.2, 0.25) is 0 Å². The molecule has 0 bridgehead atoms. The highest BCUT2D eigenvalue weighted by molar-refractivity contribution is 5.91. The van der Waals surface area contributed by atoms with Crippen LogP contribution in [0.3, 0.4) is 0 Å². The Hall–Kier alpha value is -4.22. The van der Waals surface area contributed by atoms with Crippen molar-refractivity contribution in [2.24, 2.45) is 0 Å². The van der Waals surface area contributed by atoms with Crippen LogP contribution in [0.15, 0.2) is 72.8 Å². The van der Waals surface area contributed by atoms with E-state index in [1.807, 2.05) is 48.5 Å². The Bertz CT molecular complexity index is 1910. The van der Waals surface area contributed by atoms with Gasteiger partial charge in [0.1, 0.15) is 23.3 Å². The smallest absolute Gasteiger partial charge is 0.323 e. The Morgan fingerprint density at radius 3 is 1.13 bits per heavy atom. The molecular formula is C50H62O5. The fourth-order valence-corrected chi connectivity index (χ4v) is 7.64. The van der Waals surface area contributed by atoms with Gasteiger partial charge in [0.05, 0.1) is 13.2 Å². The van der Waals surface area contributed by atoms with E-state index in [0.717, 1.165) is 81.7 Å². The van der Waals surface area contributed by atoms with Gasteiger partial charge in [0, 0.05) is 22.3 Å². The standard InChI is InChI=1S/C50H62O5/c1-13-47(5,6)35-25-37-41(45(51)54-43(37)39(27-35)49(9,10)15-3)33-21-17-31(18-22-33)29-53-30-32-19-23-34(24-20-32)42-38-26-36(48(7,8)14-2)28-40(50(11,12)16-4)44(38)55-46(42)52/h17-28,41-42H,13-16,29-30H2,1-12H3. The minimum absolute atomic E-state index is 0.0232. The van der Waals surface area contributed by atoms with Gasteiger partial charge in [-0.3, -0.25) is 9.59 Å². The summed E-state index contributed by atoms with van der Waals surface area (Å²) in [6, 6.07) is 25.3. The first-order valence-electron chi connectivity index (χ1n) is 20.4. The summed E-state index contributed by atoms with van der Waals surface area (Å²) in [6.07, 6.45) is 3.88. The third kappa shape index (κ3) is 7.66.